The molecule has 0 saturated carbocycles. The van der Waals surface area contributed by atoms with E-state index < -0.39 is 11.7 Å². The summed E-state index contributed by atoms with van der Waals surface area (Å²) in [4.78, 5) is 13.0. The van der Waals surface area contributed by atoms with Gasteiger partial charge in [-0.3, -0.25) is 9.78 Å². The van der Waals surface area contributed by atoms with Crippen molar-refractivity contribution in [2.75, 3.05) is 6.61 Å². The summed E-state index contributed by atoms with van der Waals surface area (Å²) in [5.74, 6) is -0.143. The molecule has 3 aromatic rings. The van der Waals surface area contributed by atoms with Crippen LogP contribution in [-0.4, -0.2) is 23.1 Å². The summed E-state index contributed by atoms with van der Waals surface area (Å²) in [6, 6.07) is 15.2. The Labute approximate surface area is 182 Å². The number of nitrogens with two attached hydrogens (primary N) is 1. The van der Waals surface area contributed by atoms with E-state index in [0.29, 0.717) is 12.1 Å². The lowest BCUT2D eigenvalue weighted by Gasteiger charge is -2.14. The number of hydrogen-bond donors (Lipinski definition) is 2. The number of amides is 1. The molecule has 6 nitrogen and oxygen atoms in total. The van der Waals surface area contributed by atoms with E-state index in [1.165, 1.54) is 6.07 Å². The molecular weight excluding hydrogens is 423 g/mol. The van der Waals surface area contributed by atoms with Crippen molar-refractivity contribution in [3.05, 3.63) is 77.0 Å². The molecule has 0 saturated heterocycles. The van der Waals surface area contributed by atoms with E-state index in [-0.39, 0.29) is 30.1 Å². The highest BCUT2D eigenvalue weighted by Gasteiger charge is 2.35. The molecule has 0 aliphatic carbocycles. The number of primary amides is 1. The van der Waals surface area contributed by atoms with E-state index in [0.717, 1.165) is 29.0 Å². The molecular formula is C23H20F3N3O3. The van der Waals surface area contributed by atoms with Crippen molar-refractivity contribution < 1.29 is 27.8 Å². The van der Waals surface area contributed by atoms with Crippen LogP contribution >= 0.6 is 0 Å². The van der Waals surface area contributed by atoms with Crippen LogP contribution in [0.2, 0.25) is 0 Å². The molecule has 0 unspecified atom stereocenters. The Morgan fingerprint density at radius 1 is 1.16 bits per heavy atom. The van der Waals surface area contributed by atoms with Gasteiger partial charge in [0.1, 0.15) is 11.5 Å². The van der Waals surface area contributed by atoms with E-state index in [1.807, 2.05) is 19.1 Å². The molecule has 1 amide bonds. The Hall–Kier alpha value is -3.90. The standard InChI is InChI=1S/C22H17F3N2O2.CH3NO/c1-14-10-15(8-9-28)12-20(27-14)17-3-5-18(6-4-17)29-21-7-2-16(13-26)11-19(21)22(23,24)25;2-1-3/h2-7,10-12,28H,8-9H2,1H3;1H,(H2,2,3). The fraction of sp³-hybridized carbons (Fsp3) is 0.174. The molecule has 3 rings (SSSR count). The zero-order valence-corrected chi connectivity index (χ0v) is 17.1. The Morgan fingerprint density at radius 2 is 1.81 bits per heavy atom. The van der Waals surface area contributed by atoms with Crippen molar-refractivity contribution in [1.82, 2.24) is 4.98 Å². The number of aromatic nitrogens is 1. The van der Waals surface area contributed by atoms with E-state index in [2.05, 4.69) is 10.7 Å². The van der Waals surface area contributed by atoms with Crippen LogP contribution in [0.5, 0.6) is 11.5 Å². The lowest BCUT2D eigenvalue weighted by Crippen LogP contribution is -2.07. The zero-order valence-electron chi connectivity index (χ0n) is 17.1. The second kappa shape index (κ2) is 10.9. The van der Waals surface area contributed by atoms with Gasteiger partial charge in [-0.05, 0) is 73.5 Å². The van der Waals surface area contributed by atoms with E-state index in [4.69, 9.17) is 19.9 Å². The predicted molar refractivity (Wildman–Crippen MR) is 112 cm³/mol. The average Bonchev–Trinajstić information content (AvgIpc) is 2.74. The van der Waals surface area contributed by atoms with E-state index in [1.54, 1.807) is 30.3 Å². The Morgan fingerprint density at radius 3 is 2.38 bits per heavy atom. The maximum atomic E-state index is 13.3. The van der Waals surface area contributed by atoms with Crippen LogP contribution in [0.3, 0.4) is 0 Å². The first kappa shape index (κ1) is 24.4. The highest BCUT2D eigenvalue weighted by atomic mass is 19.4. The number of nitrogens with zero attached hydrogens (tertiary/aromatic N) is 2. The van der Waals surface area contributed by atoms with Gasteiger partial charge in [-0.2, -0.15) is 18.4 Å². The monoisotopic (exact) mass is 443 g/mol. The number of carbonyl (C=O) groups excluding carboxylic acids is 1. The number of alkyl halides is 3. The van der Waals surface area contributed by atoms with Gasteiger partial charge in [0.15, 0.2) is 0 Å². The molecule has 0 spiro atoms. The molecule has 9 heteroatoms. The van der Waals surface area contributed by atoms with Crippen LogP contribution < -0.4 is 10.5 Å². The molecule has 1 heterocycles. The Balaban J connectivity index is 0.00000114. The predicted octanol–water partition coefficient (Wildman–Crippen LogP) is 4.38. The van der Waals surface area contributed by atoms with E-state index in [9.17, 15) is 13.2 Å². The normalized spacial score (nSPS) is 10.5. The summed E-state index contributed by atoms with van der Waals surface area (Å²) < 4.78 is 45.3. The number of pyridine rings is 1. The molecule has 0 bridgehead atoms. The summed E-state index contributed by atoms with van der Waals surface area (Å²) in [6.07, 6.45) is -3.88. The maximum Gasteiger partial charge on any atom is 0.420 e. The van der Waals surface area contributed by atoms with Crippen LogP contribution in [0.4, 0.5) is 13.2 Å². The first-order valence-electron chi connectivity index (χ1n) is 9.35. The largest absolute Gasteiger partial charge is 0.457 e. The minimum atomic E-state index is -4.64. The SMILES string of the molecule is Cc1cc(CCO)cc(-c2ccc(Oc3ccc(C#N)cc3C(F)(F)F)cc2)n1.NC=O. The van der Waals surface area contributed by atoms with Gasteiger partial charge in [0.05, 0.1) is 22.9 Å². The van der Waals surface area contributed by atoms with Crippen LogP contribution in [-0.2, 0) is 17.4 Å². The number of ether oxygens (including phenoxy) is 1. The number of aliphatic hydroxyl groups is 1. The average molecular weight is 443 g/mol. The van der Waals surface area contributed by atoms with Gasteiger partial charge in [-0.25, -0.2) is 0 Å². The number of nitriles is 1. The van der Waals surface area contributed by atoms with Gasteiger partial charge in [-0.1, -0.05) is 0 Å². The lowest BCUT2D eigenvalue weighted by atomic mass is 10.1. The number of halogens is 3. The number of rotatable bonds is 5. The van der Waals surface area contributed by atoms with Crippen LogP contribution in [0.15, 0.2) is 54.6 Å². The molecule has 0 fully saturated rings. The van der Waals surface area contributed by atoms with Crippen molar-refractivity contribution in [3.63, 3.8) is 0 Å². The molecule has 1 aromatic heterocycles. The molecule has 2 aromatic carbocycles. The van der Waals surface area contributed by atoms with Gasteiger partial charge in [0.2, 0.25) is 6.41 Å². The van der Waals surface area contributed by atoms with Crippen LogP contribution in [0.1, 0.15) is 22.4 Å². The molecule has 166 valence electrons. The van der Waals surface area contributed by atoms with Crippen molar-refractivity contribution in [1.29, 1.82) is 5.26 Å². The van der Waals surface area contributed by atoms with Crippen molar-refractivity contribution in [2.45, 2.75) is 19.5 Å². The van der Waals surface area contributed by atoms with E-state index >= 15 is 0 Å². The minimum Gasteiger partial charge on any atom is -0.457 e. The van der Waals surface area contributed by atoms with Crippen molar-refractivity contribution >= 4 is 6.41 Å². The van der Waals surface area contributed by atoms with Crippen LogP contribution in [0, 0.1) is 18.3 Å². The molecule has 0 radical (unpaired) electrons. The number of aliphatic hydroxyl groups excluding tert-OH is 1. The summed E-state index contributed by atoms with van der Waals surface area (Å²) in [5.41, 5.74) is 6.30. The second-order valence-electron chi connectivity index (χ2n) is 6.56. The second-order valence-corrected chi connectivity index (χ2v) is 6.56. The third kappa shape index (κ3) is 6.55. The maximum absolute atomic E-state index is 13.3. The topological polar surface area (TPSA) is 109 Å². The quantitative estimate of drug-likeness (QED) is 0.569. The fourth-order valence-corrected chi connectivity index (χ4v) is 2.89. The van der Waals surface area contributed by atoms with Crippen molar-refractivity contribution in [2.24, 2.45) is 5.73 Å². The smallest absolute Gasteiger partial charge is 0.420 e. The van der Waals surface area contributed by atoms with Gasteiger partial charge in [0, 0.05) is 17.9 Å². The number of carbonyl (C=O) groups is 1. The summed E-state index contributed by atoms with van der Waals surface area (Å²) in [6.45, 7) is 1.88. The Bertz CT molecular complexity index is 1110. The third-order valence-electron chi connectivity index (χ3n) is 4.21. The molecule has 0 aliphatic rings. The fourth-order valence-electron chi connectivity index (χ4n) is 2.89. The summed E-state index contributed by atoms with van der Waals surface area (Å²) >= 11 is 0. The lowest BCUT2D eigenvalue weighted by molar-refractivity contribution is -0.138. The third-order valence-corrected chi connectivity index (χ3v) is 4.21. The zero-order chi connectivity index (χ0) is 23.7. The first-order valence-corrected chi connectivity index (χ1v) is 9.35. The highest BCUT2D eigenvalue weighted by molar-refractivity contribution is 5.61. The van der Waals surface area contributed by atoms with Gasteiger partial charge in [0.25, 0.3) is 0 Å². The number of aryl methyl sites for hydroxylation is 1. The molecule has 32 heavy (non-hydrogen) atoms. The van der Waals surface area contributed by atoms with Gasteiger partial charge in [-0.15, -0.1) is 0 Å². The minimum absolute atomic E-state index is 0.0296. The molecule has 0 aliphatic heterocycles. The highest BCUT2D eigenvalue weighted by Crippen LogP contribution is 2.39. The number of hydrogen-bond acceptors (Lipinski definition) is 5. The number of benzene rings is 2. The molecule has 0 atom stereocenters. The van der Waals surface area contributed by atoms with Crippen molar-refractivity contribution in [3.8, 4) is 28.8 Å². The van der Waals surface area contributed by atoms with Gasteiger partial charge < -0.3 is 15.6 Å². The first-order chi connectivity index (χ1) is 15.2. The van der Waals surface area contributed by atoms with Crippen LogP contribution in [0.25, 0.3) is 11.3 Å². The summed E-state index contributed by atoms with van der Waals surface area (Å²) in [7, 11) is 0. The van der Waals surface area contributed by atoms with Gasteiger partial charge >= 0.3 is 6.18 Å². The Kier molecular flexibility index (Phi) is 8.32. The summed E-state index contributed by atoms with van der Waals surface area (Å²) in [5, 5.41) is 18.0. The molecule has 3 N–H and O–H groups in total.